The second kappa shape index (κ2) is 3.90. The van der Waals surface area contributed by atoms with E-state index in [1.807, 2.05) is 0 Å². The molecule has 0 saturated carbocycles. The van der Waals surface area contributed by atoms with Crippen LogP contribution < -0.4 is 4.72 Å². The van der Waals surface area contributed by atoms with Crippen molar-refractivity contribution in [2.75, 3.05) is 6.54 Å². The number of aromatic nitrogens is 3. The molecule has 0 aliphatic carbocycles. The van der Waals surface area contributed by atoms with Gasteiger partial charge >= 0.3 is 0 Å². The zero-order chi connectivity index (χ0) is 9.03. The van der Waals surface area contributed by atoms with Gasteiger partial charge in [-0.1, -0.05) is 0 Å². The first-order chi connectivity index (χ1) is 5.58. The molecule has 1 unspecified atom stereocenters. The van der Waals surface area contributed by atoms with Gasteiger partial charge in [0.2, 0.25) is 8.96 Å². The zero-order valence-corrected chi connectivity index (χ0v) is 7.72. The van der Waals surface area contributed by atoms with Crippen molar-refractivity contribution >= 4 is 20.1 Å². The quantitative estimate of drug-likeness (QED) is 0.663. The van der Waals surface area contributed by atoms with E-state index in [2.05, 4.69) is 26.0 Å². The number of nitrogens with zero attached hydrogens (tertiary/aromatic N) is 3. The molecule has 1 aromatic heterocycles. The highest BCUT2D eigenvalue weighted by molar-refractivity contribution is 8.28. The summed E-state index contributed by atoms with van der Waals surface area (Å²) in [4.78, 5) is 3.70. The SMILES string of the molecule is O=S(O)(=S)NCCn1cncn1. The third-order valence-electron chi connectivity index (χ3n) is 1.09. The van der Waals surface area contributed by atoms with Gasteiger partial charge in [-0.05, 0) is 0 Å². The van der Waals surface area contributed by atoms with Crippen LogP contribution in [0.2, 0.25) is 0 Å². The van der Waals surface area contributed by atoms with Gasteiger partial charge in [-0.25, -0.2) is 13.9 Å². The van der Waals surface area contributed by atoms with Gasteiger partial charge in [0.25, 0.3) is 0 Å². The minimum Gasteiger partial charge on any atom is -0.294 e. The fourth-order valence-corrected chi connectivity index (χ4v) is 1.24. The molecule has 1 atom stereocenters. The van der Waals surface area contributed by atoms with Crippen LogP contribution in [0, 0.1) is 0 Å². The van der Waals surface area contributed by atoms with Gasteiger partial charge < -0.3 is 0 Å². The van der Waals surface area contributed by atoms with Crippen molar-refractivity contribution < 1.29 is 8.76 Å². The summed E-state index contributed by atoms with van der Waals surface area (Å²) < 4.78 is 23.0. The molecule has 0 fully saturated rings. The third kappa shape index (κ3) is 3.72. The van der Waals surface area contributed by atoms with Crippen LogP contribution in [0.1, 0.15) is 0 Å². The molecule has 6 nitrogen and oxygen atoms in total. The van der Waals surface area contributed by atoms with E-state index in [0.29, 0.717) is 13.1 Å². The summed E-state index contributed by atoms with van der Waals surface area (Å²) >= 11 is 4.21. The Morgan fingerprint density at radius 2 is 2.50 bits per heavy atom. The first-order valence-corrected chi connectivity index (χ1v) is 5.56. The standard InChI is InChI=1S/C4H8N4O2S2/c9-12(10,11)7-1-2-8-4-5-3-6-8/h3-4,7H,1-2H2,(H,9,10,11). The normalized spacial score (nSPS) is 15.8. The number of rotatable bonds is 4. The lowest BCUT2D eigenvalue weighted by Crippen LogP contribution is -2.25. The van der Waals surface area contributed by atoms with E-state index in [4.69, 9.17) is 4.55 Å². The Labute approximate surface area is 74.6 Å². The average molecular weight is 208 g/mol. The highest BCUT2D eigenvalue weighted by Gasteiger charge is 1.97. The van der Waals surface area contributed by atoms with Gasteiger partial charge in [0.1, 0.15) is 12.7 Å². The molecule has 0 spiro atoms. The summed E-state index contributed by atoms with van der Waals surface area (Å²) in [5.74, 6) is 0. The summed E-state index contributed by atoms with van der Waals surface area (Å²) in [6.45, 7) is 0.760. The molecular formula is C4H8N4O2S2. The second-order valence-corrected chi connectivity index (χ2v) is 4.62. The number of hydrogen-bond acceptors (Lipinski definition) is 4. The van der Waals surface area contributed by atoms with Gasteiger partial charge in [0.15, 0.2) is 0 Å². The highest BCUT2D eigenvalue weighted by Crippen LogP contribution is 1.80. The molecular weight excluding hydrogens is 200 g/mol. The predicted octanol–water partition coefficient (Wildman–Crippen LogP) is -0.998. The van der Waals surface area contributed by atoms with Crippen LogP contribution in [-0.2, 0) is 26.7 Å². The molecule has 0 bridgehead atoms. The highest BCUT2D eigenvalue weighted by atomic mass is 32.8. The molecule has 1 rings (SSSR count). The van der Waals surface area contributed by atoms with Crippen LogP contribution in [-0.4, -0.2) is 30.1 Å². The molecule has 1 aromatic rings. The second-order valence-electron chi connectivity index (χ2n) is 2.03. The summed E-state index contributed by atoms with van der Waals surface area (Å²) in [7, 11) is -3.26. The van der Waals surface area contributed by atoms with E-state index >= 15 is 0 Å². The van der Waals surface area contributed by atoms with E-state index < -0.39 is 8.96 Å². The van der Waals surface area contributed by atoms with Crippen LogP contribution in [0.3, 0.4) is 0 Å². The Morgan fingerprint density at radius 3 is 3.00 bits per heavy atom. The van der Waals surface area contributed by atoms with Crippen LogP contribution in [0.5, 0.6) is 0 Å². The van der Waals surface area contributed by atoms with E-state index in [1.165, 1.54) is 17.3 Å². The fourth-order valence-electron chi connectivity index (χ4n) is 0.637. The van der Waals surface area contributed by atoms with Crippen molar-refractivity contribution in [1.82, 2.24) is 19.5 Å². The minimum atomic E-state index is -3.26. The van der Waals surface area contributed by atoms with E-state index in [0.717, 1.165) is 0 Å². The fraction of sp³-hybridized carbons (Fsp3) is 0.500. The maximum Gasteiger partial charge on any atom is 0.207 e. The third-order valence-corrected chi connectivity index (χ3v) is 2.01. The van der Waals surface area contributed by atoms with Crippen LogP contribution in [0.15, 0.2) is 12.7 Å². The van der Waals surface area contributed by atoms with Crippen molar-refractivity contribution in [3.63, 3.8) is 0 Å². The van der Waals surface area contributed by atoms with Gasteiger partial charge in [0, 0.05) is 17.7 Å². The maximum atomic E-state index is 10.5. The molecule has 0 aliphatic heterocycles. The van der Waals surface area contributed by atoms with Crippen molar-refractivity contribution in [1.29, 1.82) is 0 Å². The molecule has 2 N–H and O–H groups in total. The summed E-state index contributed by atoms with van der Waals surface area (Å²) in [5.41, 5.74) is 0. The van der Waals surface area contributed by atoms with E-state index in [-0.39, 0.29) is 0 Å². The molecule has 12 heavy (non-hydrogen) atoms. The van der Waals surface area contributed by atoms with Crippen molar-refractivity contribution in [2.45, 2.75) is 6.54 Å². The van der Waals surface area contributed by atoms with Gasteiger partial charge in [-0.15, -0.1) is 0 Å². The molecule has 8 heteroatoms. The molecule has 0 saturated heterocycles. The van der Waals surface area contributed by atoms with E-state index in [9.17, 15) is 4.21 Å². The lowest BCUT2D eigenvalue weighted by atomic mass is 10.7. The summed E-state index contributed by atoms with van der Waals surface area (Å²) in [5, 5.41) is 3.79. The van der Waals surface area contributed by atoms with Crippen molar-refractivity contribution in [2.24, 2.45) is 0 Å². The van der Waals surface area contributed by atoms with Crippen molar-refractivity contribution in [3.8, 4) is 0 Å². The predicted molar refractivity (Wildman–Crippen MR) is 46.2 cm³/mol. The monoisotopic (exact) mass is 208 g/mol. The number of nitrogens with one attached hydrogen (secondary N) is 1. The molecule has 0 aromatic carbocycles. The van der Waals surface area contributed by atoms with Crippen molar-refractivity contribution in [3.05, 3.63) is 12.7 Å². The first-order valence-electron chi connectivity index (χ1n) is 3.12. The minimum absolute atomic E-state index is 0.294. The molecule has 0 aliphatic rings. The van der Waals surface area contributed by atoms with Crippen LogP contribution >= 0.6 is 0 Å². The van der Waals surface area contributed by atoms with Crippen LogP contribution in [0.4, 0.5) is 0 Å². The lowest BCUT2D eigenvalue weighted by molar-refractivity contribution is 0.532. The van der Waals surface area contributed by atoms with Gasteiger partial charge in [-0.3, -0.25) is 9.23 Å². The van der Waals surface area contributed by atoms with Gasteiger partial charge in [-0.2, -0.15) is 5.10 Å². The molecule has 0 amide bonds. The first kappa shape index (κ1) is 9.52. The average Bonchev–Trinajstić information content (AvgIpc) is 2.36. The maximum absolute atomic E-state index is 10.5. The molecule has 0 radical (unpaired) electrons. The summed E-state index contributed by atoms with van der Waals surface area (Å²) in [6.07, 6.45) is 2.91. The Kier molecular flexibility index (Phi) is 3.09. The largest absolute Gasteiger partial charge is 0.294 e. The topological polar surface area (TPSA) is 80.0 Å². The van der Waals surface area contributed by atoms with Crippen LogP contribution in [0.25, 0.3) is 0 Å². The Balaban J connectivity index is 2.29. The smallest absolute Gasteiger partial charge is 0.207 e. The molecule has 68 valence electrons. The Morgan fingerprint density at radius 1 is 1.75 bits per heavy atom. The zero-order valence-electron chi connectivity index (χ0n) is 6.08. The Bertz CT molecular complexity index is 319. The Hall–Kier alpha value is -0.570. The van der Waals surface area contributed by atoms with E-state index in [1.54, 1.807) is 0 Å². The lowest BCUT2D eigenvalue weighted by Gasteiger charge is -2.01. The number of hydrogen-bond donors (Lipinski definition) is 2. The van der Waals surface area contributed by atoms with Gasteiger partial charge in [0.05, 0.1) is 6.54 Å². The molecule has 1 heterocycles. The summed E-state index contributed by atoms with van der Waals surface area (Å²) in [6, 6.07) is 0.